The first-order valence-corrected chi connectivity index (χ1v) is 11.4. The largest absolute Gasteiger partial charge is 0.390 e. The summed E-state index contributed by atoms with van der Waals surface area (Å²) in [6.07, 6.45) is 13.7. The fourth-order valence-corrected chi connectivity index (χ4v) is 5.07. The number of amides is 1. The normalized spacial score (nSPS) is 23.3. The predicted molar refractivity (Wildman–Crippen MR) is 112 cm³/mol. The van der Waals surface area contributed by atoms with Crippen molar-refractivity contribution in [1.82, 2.24) is 15.3 Å². The Kier molecular flexibility index (Phi) is 8.51. The number of hydrogen-bond acceptors (Lipinski definition) is 5. The lowest BCUT2D eigenvalue weighted by Crippen LogP contribution is -2.55. The molecule has 0 saturated heterocycles. The molecular formula is C22H38N4O3. The van der Waals surface area contributed by atoms with Crippen LogP contribution in [0.4, 0.5) is 0 Å². The number of aromatic amines is 1. The first-order chi connectivity index (χ1) is 14.0. The molecule has 7 heteroatoms. The van der Waals surface area contributed by atoms with Crippen LogP contribution in [0.15, 0.2) is 12.5 Å². The molecule has 0 aliphatic heterocycles. The van der Waals surface area contributed by atoms with Crippen molar-refractivity contribution in [2.75, 3.05) is 0 Å². The molecular weight excluding hydrogens is 368 g/mol. The number of imidazole rings is 1. The lowest BCUT2D eigenvalue weighted by Gasteiger charge is -2.36. The highest BCUT2D eigenvalue weighted by Gasteiger charge is 2.35. The second-order valence-electron chi connectivity index (χ2n) is 9.12. The molecule has 1 aromatic rings. The smallest absolute Gasteiger partial charge is 0.237 e. The van der Waals surface area contributed by atoms with Gasteiger partial charge in [0.2, 0.25) is 5.91 Å². The van der Waals surface area contributed by atoms with Gasteiger partial charge in [-0.05, 0) is 31.1 Å². The molecule has 0 unspecified atom stereocenters. The molecule has 1 heterocycles. The van der Waals surface area contributed by atoms with Crippen molar-refractivity contribution in [3.8, 4) is 0 Å². The van der Waals surface area contributed by atoms with Crippen LogP contribution in [0.25, 0.3) is 0 Å². The van der Waals surface area contributed by atoms with Crippen molar-refractivity contribution in [3.05, 3.63) is 18.2 Å². The molecule has 0 spiro atoms. The fourth-order valence-electron chi connectivity index (χ4n) is 5.07. The first kappa shape index (κ1) is 22.2. The lowest BCUT2D eigenvalue weighted by atomic mass is 9.78. The Morgan fingerprint density at radius 2 is 1.79 bits per heavy atom. The van der Waals surface area contributed by atoms with E-state index >= 15 is 0 Å². The molecule has 2 saturated carbocycles. The Balaban J connectivity index is 1.63. The summed E-state index contributed by atoms with van der Waals surface area (Å²) in [6, 6.07) is -1.18. The zero-order chi connectivity index (χ0) is 20.6. The van der Waals surface area contributed by atoms with Gasteiger partial charge in [0.25, 0.3) is 0 Å². The minimum Gasteiger partial charge on any atom is -0.390 e. The maximum Gasteiger partial charge on any atom is 0.237 e. The average Bonchev–Trinajstić information content (AvgIpc) is 3.26. The van der Waals surface area contributed by atoms with Crippen LogP contribution >= 0.6 is 0 Å². The van der Waals surface area contributed by atoms with Crippen LogP contribution in [0.5, 0.6) is 0 Å². The van der Waals surface area contributed by atoms with Crippen molar-refractivity contribution in [2.45, 2.75) is 101 Å². The minimum atomic E-state index is -0.955. The van der Waals surface area contributed by atoms with Gasteiger partial charge in [-0.15, -0.1) is 0 Å². The Morgan fingerprint density at radius 1 is 1.14 bits per heavy atom. The molecule has 2 aliphatic rings. The van der Waals surface area contributed by atoms with Gasteiger partial charge in [-0.2, -0.15) is 0 Å². The molecule has 2 aliphatic carbocycles. The zero-order valence-corrected chi connectivity index (χ0v) is 17.4. The van der Waals surface area contributed by atoms with Crippen LogP contribution in [-0.2, 0) is 11.2 Å². The van der Waals surface area contributed by atoms with Crippen LogP contribution in [0.3, 0.4) is 0 Å². The van der Waals surface area contributed by atoms with E-state index in [1.807, 2.05) is 0 Å². The number of aliphatic hydroxyl groups is 2. The highest BCUT2D eigenvalue weighted by molar-refractivity contribution is 5.82. The van der Waals surface area contributed by atoms with E-state index in [1.165, 1.54) is 25.7 Å². The minimum absolute atomic E-state index is 0.114. The molecule has 0 bridgehead atoms. The predicted octanol–water partition coefficient (Wildman–Crippen LogP) is 2.04. The van der Waals surface area contributed by atoms with Gasteiger partial charge in [0.15, 0.2) is 0 Å². The Morgan fingerprint density at radius 3 is 2.41 bits per heavy atom. The Hall–Kier alpha value is -1.44. The molecule has 0 radical (unpaired) electrons. The molecule has 3 rings (SSSR count). The third kappa shape index (κ3) is 6.52. The summed E-state index contributed by atoms with van der Waals surface area (Å²) in [6.45, 7) is 0. The number of carbonyl (C=O) groups is 1. The number of H-pyrrole nitrogens is 1. The molecule has 7 nitrogen and oxygen atoms in total. The average molecular weight is 407 g/mol. The van der Waals surface area contributed by atoms with Crippen LogP contribution in [0.2, 0.25) is 0 Å². The SMILES string of the molecule is N[C@@H](Cc1cnc[nH]1)C(=O)N[C@@H](CC1CCCCC1)[C@@H](O)[C@@H](O)C1CCCCC1. The molecule has 4 atom stereocenters. The van der Waals surface area contributed by atoms with E-state index in [9.17, 15) is 15.0 Å². The third-order valence-electron chi connectivity index (χ3n) is 6.87. The van der Waals surface area contributed by atoms with Crippen LogP contribution in [-0.4, -0.2) is 50.4 Å². The quantitative estimate of drug-likeness (QED) is 0.429. The number of nitrogens with one attached hydrogen (secondary N) is 2. The zero-order valence-electron chi connectivity index (χ0n) is 17.4. The van der Waals surface area contributed by atoms with Crippen molar-refractivity contribution < 1.29 is 15.0 Å². The van der Waals surface area contributed by atoms with E-state index in [2.05, 4.69) is 15.3 Å². The van der Waals surface area contributed by atoms with Gasteiger partial charge in [-0.1, -0.05) is 51.4 Å². The highest BCUT2D eigenvalue weighted by Crippen LogP contribution is 2.32. The summed E-state index contributed by atoms with van der Waals surface area (Å²) in [5.74, 6) is 0.310. The topological polar surface area (TPSA) is 124 Å². The standard InChI is InChI=1S/C22H38N4O3/c23-18(12-17-13-24-14-25-17)22(29)26-19(11-15-7-3-1-4-8-15)21(28)20(27)16-9-5-2-6-10-16/h13-16,18-21,27-28H,1-12,23H2,(H,24,25)(H,26,29)/t18-,19-,20-,21+/m0/s1. The van der Waals surface area contributed by atoms with Gasteiger partial charge >= 0.3 is 0 Å². The van der Waals surface area contributed by atoms with Crippen LogP contribution < -0.4 is 11.1 Å². The van der Waals surface area contributed by atoms with E-state index < -0.39 is 24.3 Å². The monoisotopic (exact) mass is 406 g/mol. The van der Waals surface area contributed by atoms with Gasteiger partial charge in [-0.25, -0.2) is 4.98 Å². The van der Waals surface area contributed by atoms with E-state index in [0.29, 0.717) is 18.8 Å². The summed E-state index contributed by atoms with van der Waals surface area (Å²) in [5, 5.41) is 24.9. The van der Waals surface area contributed by atoms with Crippen LogP contribution in [0, 0.1) is 11.8 Å². The first-order valence-electron chi connectivity index (χ1n) is 11.4. The van der Waals surface area contributed by atoms with Crippen LogP contribution in [0.1, 0.15) is 76.3 Å². The number of hydrogen-bond donors (Lipinski definition) is 5. The summed E-state index contributed by atoms with van der Waals surface area (Å²) < 4.78 is 0. The molecule has 164 valence electrons. The summed E-state index contributed by atoms with van der Waals surface area (Å²) in [5.41, 5.74) is 6.91. The maximum absolute atomic E-state index is 12.8. The summed E-state index contributed by atoms with van der Waals surface area (Å²) >= 11 is 0. The van der Waals surface area contributed by atoms with E-state index in [1.54, 1.807) is 12.5 Å². The van der Waals surface area contributed by atoms with Crippen molar-refractivity contribution in [2.24, 2.45) is 17.6 Å². The highest BCUT2D eigenvalue weighted by atomic mass is 16.3. The number of carbonyl (C=O) groups excluding carboxylic acids is 1. The lowest BCUT2D eigenvalue weighted by molar-refractivity contribution is -0.125. The fraction of sp³-hybridized carbons (Fsp3) is 0.818. The van der Waals surface area contributed by atoms with Gasteiger partial charge in [0.05, 0.1) is 24.5 Å². The van der Waals surface area contributed by atoms with Crippen molar-refractivity contribution in [3.63, 3.8) is 0 Å². The second-order valence-corrected chi connectivity index (χ2v) is 9.12. The van der Waals surface area contributed by atoms with E-state index in [0.717, 1.165) is 44.2 Å². The van der Waals surface area contributed by atoms with Crippen molar-refractivity contribution in [1.29, 1.82) is 0 Å². The Labute approximate surface area is 173 Å². The second kappa shape index (κ2) is 11.1. The van der Waals surface area contributed by atoms with Gasteiger partial charge in [0.1, 0.15) is 6.10 Å². The number of nitrogens with zero attached hydrogens (tertiary/aromatic N) is 1. The van der Waals surface area contributed by atoms with Gasteiger partial charge in [0, 0.05) is 18.3 Å². The summed E-state index contributed by atoms with van der Waals surface area (Å²) in [4.78, 5) is 19.7. The number of nitrogens with two attached hydrogens (primary N) is 1. The number of rotatable bonds is 9. The molecule has 29 heavy (non-hydrogen) atoms. The number of aliphatic hydroxyl groups excluding tert-OH is 2. The van der Waals surface area contributed by atoms with E-state index in [4.69, 9.17) is 5.73 Å². The molecule has 0 aromatic carbocycles. The molecule has 1 amide bonds. The maximum atomic E-state index is 12.8. The van der Waals surface area contributed by atoms with E-state index in [-0.39, 0.29) is 11.8 Å². The molecule has 1 aromatic heterocycles. The summed E-state index contributed by atoms with van der Waals surface area (Å²) in [7, 11) is 0. The molecule has 2 fully saturated rings. The molecule has 6 N–H and O–H groups in total. The van der Waals surface area contributed by atoms with Crippen molar-refractivity contribution >= 4 is 5.91 Å². The van der Waals surface area contributed by atoms with Gasteiger partial charge < -0.3 is 26.2 Å². The number of aromatic nitrogens is 2. The van der Waals surface area contributed by atoms with Gasteiger partial charge in [-0.3, -0.25) is 4.79 Å². The Bertz CT molecular complexity index is 597. The third-order valence-corrected chi connectivity index (χ3v) is 6.87.